The molecule has 4 rings (SSSR count). The van der Waals surface area contributed by atoms with Gasteiger partial charge in [0.2, 0.25) is 12.7 Å². The van der Waals surface area contributed by atoms with E-state index in [-0.39, 0.29) is 18.7 Å². The number of carbonyl (C=O) groups is 2. The molecule has 1 aromatic carbocycles. The third-order valence-electron chi connectivity index (χ3n) is 5.50. The molecule has 3 unspecified atom stereocenters. The fraction of sp³-hybridized carbons (Fsp3) is 0.556. The van der Waals surface area contributed by atoms with Gasteiger partial charge in [0.25, 0.3) is 5.91 Å². The van der Waals surface area contributed by atoms with Gasteiger partial charge in [0.15, 0.2) is 11.5 Å². The maximum atomic E-state index is 12.4. The maximum absolute atomic E-state index is 12.4. The van der Waals surface area contributed by atoms with E-state index in [0.29, 0.717) is 28.9 Å². The number of rotatable bonds is 5. The van der Waals surface area contributed by atoms with Crippen molar-refractivity contribution in [2.75, 3.05) is 13.4 Å². The molecule has 25 heavy (non-hydrogen) atoms. The van der Waals surface area contributed by atoms with Gasteiger partial charge in [0.05, 0.1) is 6.61 Å². The summed E-state index contributed by atoms with van der Waals surface area (Å²) in [5, 5.41) is 15.1. The summed E-state index contributed by atoms with van der Waals surface area (Å²) in [6.45, 7) is -0.311. The quantitative estimate of drug-likeness (QED) is 0.733. The summed E-state index contributed by atoms with van der Waals surface area (Å²) in [7, 11) is 0. The van der Waals surface area contributed by atoms with E-state index in [9.17, 15) is 14.7 Å². The maximum Gasteiger partial charge on any atom is 0.252 e. The Morgan fingerprint density at radius 3 is 2.76 bits per heavy atom. The number of nitrogens with one attached hydrogen (secondary N) is 2. The van der Waals surface area contributed by atoms with Crippen LogP contribution in [-0.4, -0.2) is 42.4 Å². The summed E-state index contributed by atoms with van der Waals surface area (Å²) in [4.78, 5) is 24.8. The first-order valence-corrected chi connectivity index (χ1v) is 8.76. The normalized spacial score (nSPS) is 27.2. The van der Waals surface area contributed by atoms with E-state index in [4.69, 9.17) is 9.47 Å². The Hall–Kier alpha value is -2.28. The Balaban J connectivity index is 1.37. The number of ether oxygens (including phenoxy) is 2. The molecule has 2 aliphatic carbocycles. The zero-order chi connectivity index (χ0) is 17.4. The molecule has 4 atom stereocenters. The number of amides is 2. The van der Waals surface area contributed by atoms with Gasteiger partial charge in [-0.15, -0.1) is 0 Å². The Bertz CT molecular complexity index is 692. The van der Waals surface area contributed by atoms with E-state index < -0.39 is 18.6 Å². The van der Waals surface area contributed by atoms with Gasteiger partial charge in [0.1, 0.15) is 6.04 Å². The van der Waals surface area contributed by atoms with Crippen molar-refractivity contribution in [1.29, 1.82) is 0 Å². The number of fused-ring (bicyclic) bond motifs is 3. The van der Waals surface area contributed by atoms with E-state index >= 15 is 0 Å². The van der Waals surface area contributed by atoms with Gasteiger partial charge in [-0.2, -0.15) is 0 Å². The summed E-state index contributed by atoms with van der Waals surface area (Å²) in [5.74, 6) is 1.59. The molecular formula is C18H22N2O5. The first-order chi connectivity index (χ1) is 12.1. The van der Waals surface area contributed by atoms with Gasteiger partial charge in [-0.25, -0.2) is 0 Å². The fourth-order valence-electron chi connectivity index (χ4n) is 4.18. The molecule has 2 bridgehead atoms. The molecule has 3 aliphatic rings. The van der Waals surface area contributed by atoms with Crippen molar-refractivity contribution in [2.24, 2.45) is 11.8 Å². The van der Waals surface area contributed by atoms with Crippen molar-refractivity contribution in [2.45, 2.75) is 37.8 Å². The molecule has 0 spiro atoms. The number of aliphatic hydroxyl groups is 1. The van der Waals surface area contributed by atoms with E-state index in [1.165, 1.54) is 12.8 Å². The van der Waals surface area contributed by atoms with Crippen LogP contribution in [0.3, 0.4) is 0 Å². The van der Waals surface area contributed by atoms with Gasteiger partial charge >= 0.3 is 0 Å². The van der Waals surface area contributed by atoms with Gasteiger partial charge in [0, 0.05) is 11.6 Å². The van der Waals surface area contributed by atoms with Gasteiger partial charge < -0.3 is 25.2 Å². The lowest BCUT2D eigenvalue weighted by molar-refractivity contribution is -0.124. The Morgan fingerprint density at radius 1 is 1.20 bits per heavy atom. The zero-order valence-corrected chi connectivity index (χ0v) is 13.9. The monoisotopic (exact) mass is 346 g/mol. The molecule has 134 valence electrons. The van der Waals surface area contributed by atoms with Gasteiger partial charge in [-0.1, -0.05) is 6.42 Å². The van der Waals surface area contributed by atoms with Crippen molar-refractivity contribution in [3.8, 4) is 11.5 Å². The van der Waals surface area contributed by atoms with E-state index in [1.54, 1.807) is 18.2 Å². The lowest BCUT2D eigenvalue weighted by Gasteiger charge is -2.25. The molecular weight excluding hydrogens is 324 g/mol. The number of hydrogen-bond donors (Lipinski definition) is 3. The SMILES string of the molecule is O=C(N[C@@H](CO)C(=O)NC1CC2CCC1C2)c1ccc2c(c1)OCO2. The molecule has 1 aliphatic heterocycles. The molecule has 7 heteroatoms. The van der Waals surface area contributed by atoms with Crippen molar-refractivity contribution in [1.82, 2.24) is 10.6 Å². The summed E-state index contributed by atoms with van der Waals surface area (Å²) in [6, 6.07) is 4.03. The van der Waals surface area contributed by atoms with E-state index in [1.807, 2.05) is 0 Å². The minimum absolute atomic E-state index is 0.131. The lowest BCUT2D eigenvalue weighted by atomic mass is 9.95. The highest BCUT2D eigenvalue weighted by Crippen LogP contribution is 2.44. The second-order valence-corrected chi connectivity index (χ2v) is 7.07. The largest absolute Gasteiger partial charge is 0.454 e. The second-order valence-electron chi connectivity index (χ2n) is 7.07. The van der Waals surface area contributed by atoms with Crippen molar-refractivity contribution in [3.63, 3.8) is 0 Å². The molecule has 2 saturated carbocycles. The standard InChI is InChI=1S/C18H22N2O5/c21-8-14(18(23)19-13-6-10-1-2-11(13)5-10)20-17(22)12-3-4-15-16(7-12)25-9-24-15/h3-4,7,10-11,13-14,21H,1-2,5-6,8-9H2,(H,19,23)(H,20,22)/t10?,11?,13?,14-/m0/s1. The first-order valence-electron chi connectivity index (χ1n) is 8.76. The van der Waals surface area contributed by atoms with Crippen LogP contribution in [0.4, 0.5) is 0 Å². The predicted octanol–water partition coefficient (Wildman–Crippen LogP) is 0.811. The highest BCUT2D eigenvalue weighted by atomic mass is 16.7. The Kier molecular flexibility index (Phi) is 4.25. The molecule has 3 N–H and O–H groups in total. The third kappa shape index (κ3) is 3.16. The highest BCUT2D eigenvalue weighted by Gasteiger charge is 2.40. The zero-order valence-electron chi connectivity index (χ0n) is 13.9. The lowest BCUT2D eigenvalue weighted by Crippen LogP contribution is -2.52. The molecule has 2 fully saturated rings. The fourth-order valence-corrected chi connectivity index (χ4v) is 4.18. The molecule has 0 saturated heterocycles. The molecule has 7 nitrogen and oxygen atoms in total. The number of aliphatic hydroxyl groups excluding tert-OH is 1. The van der Waals surface area contributed by atoms with Crippen molar-refractivity contribution >= 4 is 11.8 Å². The predicted molar refractivity (Wildman–Crippen MR) is 88.3 cm³/mol. The molecule has 0 radical (unpaired) electrons. The number of hydrogen-bond acceptors (Lipinski definition) is 5. The number of benzene rings is 1. The average Bonchev–Trinajstić information content (AvgIpc) is 3.34. The van der Waals surface area contributed by atoms with Crippen LogP contribution in [0.2, 0.25) is 0 Å². The smallest absolute Gasteiger partial charge is 0.252 e. The second kappa shape index (κ2) is 6.55. The highest BCUT2D eigenvalue weighted by molar-refractivity contribution is 5.98. The summed E-state index contributed by atoms with van der Waals surface area (Å²) in [5.41, 5.74) is 0.357. The molecule has 1 heterocycles. The van der Waals surface area contributed by atoms with E-state index in [2.05, 4.69) is 10.6 Å². The Morgan fingerprint density at radius 2 is 2.04 bits per heavy atom. The van der Waals surface area contributed by atoms with Crippen LogP contribution < -0.4 is 20.1 Å². The summed E-state index contributed by atoms with van der Waals surface area (Å²) >= 11 is 0. The van der Waals surface area contributed by atoms with Gasteiger partial charge in [-0.3, -0.25) is 9.59 Å². The van der Waals surface area contributed by atoms with Crippen molar-refractivity contribution < 1.29 is 24.2 Å². The molecule has 1 aromatic rings. The van der Waals surface area contributed by atoms with Crippen LogP contribution in [0.25, 0.3) is 0 Å². The summed E-state index contributed by atoms with van der Waals surface area (Å²) < 4.78 is 10.5. The van der Waals surface area contributed by atoms with Crippen LogP contribution in [0.15, 0.2) is 18.2 Å². The Labute approximate surface area is 145 Å². The minimum Gasteiger partial charge on any atom is -0.454 e. The average molecular weight is 346 g/mol. The van der Waals surface area contributed by atoms with Crippen LogP contribution in [0, 0.1) is 11.8 Å². The third-order valence-corrected chi connectivity index (χ3v) is 5.50. The first kappa shape index (κ1) is 16.2. The van der Waals surface area contributed by atoms with Gasteiger partial charge in [-0.05, 0) is 49.3 Å². The van der Waals surface area contributed by atoms with Crippen LogP contribution >= 0.6 is 0 Å². The van der Waals surface area contributed by atoms with Crippen LogP contribution in [0.1, 0.15) is 36.0 Å². The number of carbonyl (C=O) groups excluding carboxylic acids is 2. The van der Waals surface area contributed by atoms with Crippen LogP contribution in [-0.2, 0) is 4.79 Å². The van der Waals surface area contributed by atoms with Crippen molar-refractivity contribution in [3.05, 3.63) is 23.8 Å². The topological polar surface area (TPSA) is 96.9 Å². The van der Waals surface area contributed by atoms with E-state index in [0.717, 1.165) is 12.8 Å². The minimum atomic E-state index is -0.961. The summed E-state index contributed by atoms with van der Waals surface area (Å²) in [6.07, 6.45) is 4.59. The van der Waals surface area contributed by atoms with Crippen LogP contribution in [0.5, 0.6) is 11.5 Å². The molecule has 0 aromatic heterocycles. The molecule has 2 amide bonds.